The molecule has 9 heteroatoms. The Morgan fingerprint density at radius 2 is 1.88 bits per heavy atom. The average Bonchev–Trinajstić information content (AvgIpc) is 3.18. The van der Waals surface area contributed by atoms with Gasteiger partial charge in [0.05, 0.1) is 0 Å². The molecule has 0 amide bonds. The van der Waals surface area contributed by atoms with Crippen molar-refractivity contribution < 1.29 is 0 Å². The molecule has 2 fully saturated rings. The summed E-state index contributed by atoms with van der Waals surface area (Å²) in [6, 6.07) is 0.751. The van der Waals surface area contributed by atoms with E-state index in [4.69, 9.17) is 0 Å². The summed E-state index contributed by atoms with van der Waals surface area (Å²) in [6.07, 6.45) is 5.63. The molecule has 0 bridgehead atoms. The summed E-state index contributed by atoms with van der Waals surface area (Å²) in [5, 5.41) is 13.0. The van der Waals surface area contributed by atoms with Crippen molar-refractivity contribution in [3.05, 3.63) is 24.3 Å². The normalized spacial score (nSPS) is 21.5. The van der Waals surface area contributed by atoms with Gasteiger partial charge in [0.1, 0.15) is 25.0 Å². The van der Waals surface area contributed by atoms with E-state index in [1.54, 1.807) is 17.3 Å². The highest BCUT2D eigenvalue weighted by molar-refractivity contribution is 8.03. The second-order valence-electron chi connectivity index (χ2n) is 6.74. The van der Waals surface area contributed by atoms with Crippen LogP contribution in [0.5, 0.6) is 0 Å². The van der Waals surface area contributed by atoms with Gasteiger partial charge in [0.2, 0.25) is 0 Å². The SMILES string of the molecule is Cn1c(Cn2cncn2)nnc1C1CCN(C2CSCCSC2)CC1. The van der Waals surface area contributed by atoms with Gasteiger partial charge < -0.3 is 4.57 Å². The van der Waals surface area contributed by atoms with Gasteiger partial charge in [-0.3, -0.25) is 4.90 Å². The van der Waals surface area contributed by atoms with Gasteiger partial charge in [0.15, 0.2) is 5.82 Å². The molecule has 2 aliphatic rings. The lowest BCUT2D eigenvalue weighted by molar-refractivity contribution is 0.173. The van der Waals surface area contributed by atoms with Crippen molar-refractivity contribution in [1.82, 2.24) is 34.4 Å². The third-order valence-electron chi connectivity index (χ3n) is 5.17. The summed E-state index contributed by atoms with van der Waals surface area (Å²) in [4.78, 5) is 6.69. The molecule has 2 saturated heterocycles. The predicted molar refractivity (Wildman–Crippen MR) is 102 cm³/mol. The van der Waals surface area contributed by atoms with E-state index in [1.807, 2.05) is 0 Å². The summed E-state index contributed by atoms with van der Waals surface area (Å²) < 4.78 is 3.94. The van der Waals surface area contributed by atoms with E-state index in [9.17, 15) is 0 Å². The molecule has 136 valence electrons. The summed E-state index contributed by atoms with van der Waals surface area (Å²) >= 11 is 4.24. The lowest BCUT2D eigenvalue weighted by Gasteiger charge is -2.36. The van der Waals surface area contributed by atoms with Crippen LogP contribution >= 0.6 is 23.5 Å². The van der Waals surface area contributed by atoms with Crippen molar-refractivity contribution in [3.8, 4) is 0 Å². The summed E-state index contributed by atoms with van der Waals surface area (Å²) in [7, 11) is 2.08. The monoisotopic (exact) mass is 379 g/mol. The fourth-order valence-corrected chi connectivity index (χ4v) is 6.29. The van der Waals surface area contributed by atoms with Crippen molar-refractivity contribution in [1.29, 1.82) is 0 Å². The summed E-state index contributed by atoms with van der Waals surface area (Å²) in [5.74, 6) is 7.80. The van der Waals surface area contributed by atoms with Crippen LogP contribution in [0.1, 0.15) is 30.4 Å². The van der Waals surface area contributed by atoms with Gasteiger partial charge in [0.25, 0.3) is 0 Å². The van der Waals surface area contributed by atoms with E-state index in [0.717, 1.165) is 17.7 Å². The van der Waals surface area contributed by atoms with Crippen LogP contribution in [0.15, 0.2) is 12.7 Å². The van der Waals surface area contributed by atoms with Crippen molar-refractivity contribution in [2.24, 2.45) is 7.05 Å². The highest BCUT2D eigenvalue weighted by atomic mass is 32.2. The molecule has 0 atom stereocenters. The minimum Gasteiger partial charge on any atom is -0.316 e. The van der Waals surface area contributed by atoms with Crippen LogP contribution < -0.4 is 0 Å². The number of aromatic nitrogens is 6. The Balaban J connectivity index is 1.36. The van der Waals surface area contributed by atoms with Crippen LogP contribution in [0.4, 0.5) is 0 Å². The van der Waals surface area contributed by atoms with Gasteiger partial charge in [-0.2, -0.15) is 28.6 Å². The zero-order valence-electron chi connectivity index (χ0n) is 14.6. The lowest BCUT2D eigenvalue weighted by atomic mass is 9.95. The molecule has 7 nitrogen and oxygen atoms in total. The van der Waals surface area contributed by atoms with E-state index < -0.39 is 0 Å². The largest absolute Gasteiger partial charge is 0.316 e. The number of thioether (sulfide) groups is 2. The first-order chi connectivity index (χ1) is 12.3. The second kappa shape index (κ2) is 8.09. The zero-order valence-corrected chi connectivity index (χ0v) is 16.3. The Morgan fingerprint density at radius 1 is 1.12 bits per heavy atom. The number of likely N-dealkylation sites (tertiary alicyclic amines) is 1. The third kappa shape index (κ3) is 4.03. The molecular formula is C16H25N7S2. The zero-order chi connectivity index (χ0) is 17.1. The minimum atomic E-state index is 0.518. The van der Waals surface area contributed by atoms with Gasteiger partial charge in [-0.1, -0.05) is 0 Å². The Labute approximate surface area is 157 Å². The van der Waals surface area contributed by atoms with Crippen LogP contribution in [-0.2, 0) is 13.6 Å². The fourth-order valence-electron chi connectivity index (χ4n) is 3.67. The Bertz CT molecular complexity index is 656. The number of rotatable bonds is 4. The molecular weight excluding hydrogens is 354 g/mol. The lowest BCUT2D eigenvalue weighted by Crippen LogP contribution is -2.43. The van der Waals surface area contributed by atoms with Crippen LogP contribution in [0.3, 0.4) is 0 Å². The van der Waals surface area contributed by atoms with Gasteiger partial charge in [-0.05, 0) is 25.9 Å². The summed E-state index contributed by atoms with van der Waals surface area (Å²) in [6.45, 7) is 2.99. The van der Waals surface area contributed by atoms with Gasteiger partial charge in [-0.15, -0.1) is 10.2 Å². The van der Waals surface area contributed by atoms with E-state index in [2.05, 4.69) is 60.3 Å². The first-order valence-electron chi connectivity index (χ1n) is 8.91. The summed E-state index contributed by atoms with van der Waals surface area (Å²) in [5.41, 5.74) is 0. The standard InChI is InChI=1S/C16H25N7S2/c1-21-15(8-23-12-17-11-18-23)19-20-16(21)13-2-4-22(5-3-13)14-9-24-6-7-25-10-14/h11-14H,2-10H2,1H3. The molecule has 0 aliphatic carbocycles. The Kier molecular flexibility index (Phi) is 5.62. The quantitative estimate of drug-likeness (QED) is 0.797. The maximum Gasteiger partial charge on any atom is 0.154 e. The maximum atomic E-state index is 4.50. The van der Waals surface area contributed by atoms with Gasteiger partial charge in [0, 0.05) is 42.0 Å². The smallest absolute Gasteiger partial charge is 0.154 e. The third-order valence-corrected chi connectivity index (χ3v) is 7.66. The minimum absolute atomic E-state index is 0.518. The number of piperidine rings is 1. The fraction of sp³-hybridized carbons (Fsp3) is 0.750. The molecule has 0 spiro atoms. The molecule has 2 aromatic heterocycles. The highest BCUT2D eigenvalue weighted by Crippen LogP contribution is 2.30. The van der Waals surface area contributed by atoms with Crippen LogP contribution in [-0.4, -0.2) is 76.6 Å². The molecule has 2 aliphatic heterocycles. The second-order valence-corrected chi connectivity index (χ2v) is 9.04. The molecule has 0 saturated carbocycles. The van der Waals surface area contributed by atoms with E-state index in [-0.39, 0.29) is 0 Å². The van der Waals surface area contributed by atoms with Crippen molar-refractivity contribution in [3.63, 3.8) is 0 Å². The molecule has 0 aromatic carbocycles. The molecule has 4 heterocycles. The predicted octanol–water partition coefficient (Wildman–Crippen LogP) is 1.48. The van der Waals surface area contributed by atoms with E-state index in [0.29, 0.717) is 12.5 Å². The van der Waals surface area contributed by atoms with Crippen LogP contribution in [0.25, 0.3) is 0 Å². The first kappa shape index (κ1) is 17.4. The molecule has 25 heavy (non-hydrogen) atoms. The van der Waals surface area contributed by atoms with Crippen molar-refractivity contribution in [2.45, 2.75) is 31.3 Å². The Morgan fingerprint density at radius 3 is 2.56 bits per heavy atom. The number of hydrogen-bond acceptors (Lipinski definition) is 7. The van der Waals surface area contributed by atoms with Crippen molar-refractivity contribution >= 4 is 23.5 Å². The maximum absolute atomic E-state index is 4.50. The van der Waals surface area contributed by atoms with Gasteiger partial charge >= 0.3 is 0 Å². The van der Waals surface area contributed by atoms with Crippen LogP contribution in [0, 0.1) is 0 Å². The molecule has 0 N–H and O–H groups in total. The van der Waals surface area contributed by atoms with E-state index >= 15 is 0 Å². The molecule has 0 unspecified atom stereocenters. The molecule has 4 rings (SSSR count). The Hall–Kier alpha value is -1.06. The van der Waals surface area contributed by atoms with Gasteiger partial charge in [-0.25, -0.2) is 9.67 Å². The van der Waals surface area contributed by atoms with Crippen LogP contribution in [0.2, 0.25) is 0 Å². The number of nitrogens with zero attached hydrogens (tertiary/aromatic N) is 7. The van der Waals surface area contributed by atoms with E-state index in [1.165, 1.54) is 48.9 Å². The topological polar surface area (TPSA) is 64.7 Å². The molecule has 2 aromatic rings. The average molecular weight is 380 g/mol. The first-order valence-corrected chi connectivity index (χ1v) is 11.2. The molecule has 0 radical (unpaired) electrons. The highest BCUT2D eigenvalue weighted by Gasteiger charge is 2.29. The number of hydrogen-bond donors (Lipinski definition) is 0. The van der Waals surface area contributed by atoms with Crippen molar-refractivity contribution in [2.75, 3.05) is 36.1 Å².